The van der Waals surface area contributed by atoms with Gasteiger partial charge in [0.05, 0.1) is 11.8 Å². The average Bonchev–Trinajstić information content (AvgIpc) is 3.59. The fourth-order valence-corrected chi connectivity index (χ4v) is 5.58. The van der Waals surface area contributed by atoms with Gasteiger partial charge in [-0.05, 0) is 66.9 Å². The van der Waals surface area contributed by atoms with Crippen LogP contribution >= 0.6 is 22.9 Å². The first kappa shape index (κ1) is 24.8. The Bertz CT molecular complexity index is 1230. The van der Waals surface area contributed by atoms with Crippen LogP contribution in [-0.2, 0) is 9.53 Å². The molecule has 3 aromatic rings. The molecular weight excluding hydrogens is 486 g/mol. The number of ether oxygens (including phenoxy) is 1. The summed E-state index contributed by atoms with van der Waals surface area (Å²) in [6.07, 6.45) is 1.77. The number of nitrogen functional groups attached to an aromatic ring is 1. The van der Waals surface area contributed by atoms with Gasteiger partial charge < -0.3 is 21.5 Å². The Morgan fingerprint density at radius 1 is 1.29 bits per heavy atom. The highest BCUT2D eigenvalue weighted by molar-refractivity contribution is 7.10. The predicted octanol–water partition coefficient (Wildman–Crippen LogP) is 3.19. The minimum absolute atomic E-state index is 0.0492. The van der Waals surface area contributed by atoms with E-state index in [-0.39, 0.29) is 28.3 Å². The number of nitrogens with two attached hydrogens (primary N) is 2. The Morgan fingerprint density at radius 2 is 2.09 bits per heavy atom. The van der Waals surface area contributed by atoms with Gasteiger partial charge in [0.1, 0.15) is 4.88 Å². The number of nitrogens with one attached hydrogen (secondary N) is 1. The van der Waals surface area contributed by atoms with Gasteiger partial charge in [-0.3, -0.25) is 19.3 Å². The summed E-state index contributed by atoms with van der Waals surface area (Å²) in [6, 6.07) is 8.36. The largest absolute Gasteiger partial charge is 0.395 e. The monoisotopic (exact) mass is 513 g/mol. The molecule has 184 valence electrons. The highest BCUT2D eigenvalue weighted by atomic mass is 32.1. The van der Waals surface area contributed by atoms with Crippen molar-refractivity contribution in [3.8, 4) is 0 Å². The number of aryl methyl sites for hydroxylation is 2. The molecule has 35 heavy (non-hydrogen) atoms. The van der Waals surface area contributed by atoms with Gasteiger partial charge in [-0.15, -0.1) is 11.3 Å². The van der Waals surface area contributed by atoms with Crippen LogP contribution in [0.15, 0.2) is 35.7 Å². The van der Waals surface area contributed by atoms with E-state index in [4.69, 9.17) is 16.2 Å². The number of amides is 3. The maximum atomic E-state index is 14.0. The van der Waals surface area contributed by atoms with Crippen molar-refractivity contribution < 1.29 is 19.1 Å². The summed E-state index contributed by atoms with van der Waals surface area (Å²) in [4.78, 5) is 41.6. The molecule has 11 heteroatoms. The third kappa shape index (κ3) is 5.21. The first-order valence-corrected chi connectivity index (χ1v) is 12.8. The van der Waals surface area contributed by atoms with Crippen molar-refractivity contribution in [1.29, 1.82) is 0 Å². The van der Waals surface area contributed by atoms with Crippen LogP contribution in [0.2, 0.25) is 0 Å². The fourth-order valence-electron chi connectivity index (χ4n) is 4.02. The highest BCUT2D eigenvalue weighted by Crippen LogP contribution is 2.36. The molecule has 4 rings (SSSR count). The van der Waals surface area contributed by atoms with E-state index in [0.29, 0.717) is 23.7 Å². The molecule has 0 spiro atoms. The molecule has 1 fully saturated rings. The van der Waals surface area contributed by atoms with Gasteiger partial charge >= 0.3 is 0 Å². The Morgan fingerprint density at radius 3 is 2.71 bits per heavy atom. The smallest absolute Gasteiger partial charge is 0.273 e. The summed E-state index contributed by atoms with van der Waals surface area (Å²) in [5, 5.41) is 4.83. The van der Waals surface area contributed by atoms with Crippen LogP contribution in [0.5, 0.6) is 0 Å². The molecule has 9 nitrogen and oxygen atoms in total. The normalized spacial score (nSPS) is 16.1. The van der Waals surface area contributed by atoms with Crippen LogP contribution in [0.3, 0.4) is 0 Å². The van der Waals surface area contributed by atoms with E-state index in [2.05, 4.69) is 9.69 Å². The van der Waals surface area contributed by atoms with Crippen molar-refractivity contribution in [2.45, 2.75) is 38.8 Å². The van der Waals surface area contributed by atoms with Crippen molar-refractivity contribution in [2.75, 3.05) is 23.8 Å². The number of primary amides is 1. The molecule has 5 N–H and O–H groups in total. The number of thiophene rings is 1. The molecule has 0 saturated carbocycles. The number of anilines is 2. The summed E-state index contributed by atoms with van der Waals surface area (Å²) >= 11 is 2.16. The second-order valence-corrected chi connectivity index (χ2v) is 10.2. The van der Waals surface area contributed by atoms with Crippen LogP contribution in [0.4, 0.5) is 11.4 Å². The second kappa shape index (κ2) is 10.5. The second-order valence-electron chi connectivity index (χ2n) is 8.40. The summed E-state index contributed by atoms with van der Waals surface area (Å²) < 4.78 is 9.64. The van der Waals surface area contributed by atoms with Crippen molar-refractivity contribution in [3.05, 3.63) is 62.3 Å². The first-order chi connectivity index (χ1) is 16.8. The van der Waals surface area contributed by atoms with Crippen LogP contribution < -0.4 is 21.7 Å². The average molecular weight is 514 g/mol. The molecule has 3 amide bonds. The van der Waals surface area contributed by atoms with E-state index in [1.54, 1.807) is 0 Å². The van der Waals surface area contributed by atoms with Gasteiger partial charge in [-0.1, -0.05) is 18.2 Å². The predicted molar refractivity (Wildman–Crippen MR) is 137 cm³/mol. The lowest BCUT2D eigenvalue weighted by atomic mass is 10.1. The van der Waals surface area contributed by atoms with Crippen molar-refractivity contribution in [1.82, 2.24) is 9.69 Å². The number of carbonyl (C=O) groups excluding carboxylic acids is 3. The standard InChI is InChI=1S/C24H27N5O4S2/c1-13-7-8-14(2)16(11-13)29(24(32)21-18(25)19(22(26)30)28-35-21)20(17-6-4-10-34-17)23(31)27-12-15-5-3-9-33-15/h4,6-8,10-11,15,20H,3,5,9,12,25H2,1-2H3,(H2,26,30)(H,27,31)/t15-,20-/m1/s1. The van der Waals surface area contributed by atoms with E-state index in [9.17, 15) is 14.4 Å². The lowest BCUT2D eigenvalue weighted by molar-refractivity contribution is -0.122. The summed E-state index contributed by atoms with van der Waals surface area (Å²) in [5.41, 5.74) is 13.5. The molecule has 2 aromatic heterocycles. The Balaban J connectivity index is 1.80. The minimum Gasteiger partial charge on any atom is -0.395 e. The molecule has 0 bridgehead atoms. The van der Waals surface area contributed by atoms with Gasteiger partial charge in [0, 0.05) is 23.7 Å². The number of benzene rings is 1. The molecule has 0 radical (unpaired) electrons. The number of carbonyl (C=O) groups is 3. The number of aromatic nitrogens is 1. The van der Waals surface area contributed by atoms with Gasteiger partial charge in [0.15, 0.2) is 11.7 Å². The zero-order valence-corrected chi connectivity index (χ0v) is 21.1. The van der Waals surface area contributed by atoms with E-state index < -0.39 is 17.9 Å². The first-order valence-electron chi connectivity index (χ1n) is 11.2. The third-order valence-corrected chi connectivity index (χ3v) is 7.62. The molecule has 1 saturated heterocycles. The van der Waals surface area contributed by atoms with Crippen molar-refractivity contribution in [2.24, 2.45) is 5.73 Å². The van der Waals surface area contributed by atoms with Crippen molar-refractivity contribution >= 4 is 52.0 Å². The minimum atomic E-state index is -0.970. The molecular formula is C24H27N5O4S2. The number of rotatable bonds is 8. The summed E-state index contributed by atoms with van der Waals surface area (Å²) in [7, 11) is 0. The quantitative estimate of drug-likeness (QED) is 0.422. The maximum Gasteiger partial charge on any atom is 0.273 e. The van der Waals surface area contributed by atoms with Crippen LogP contribution in [0, 0.1) is 13.8 Å². The van der Waals surface area contributed by atoms with Gasteiger partial charge in [0.25, 0.3) is 11.8 Å². The molecule has 2 atom stereocenters. The zero-order chi connectivity index (χ0) is 25.1. The zero-order valence-electron chi connectivity index (χ0n) is 19.4. The number of nitrogens with zero attached hydrogens (tertiary/aromatic N) is 2. The van der Waals surface area contributed by atoms with E-state index >= 15 is 0 Å². The maximum absolute atomic E-state index is 14.0. The van der Waals surface area contributed by atoms with Gasteiger partial charge in [0.2, 0.25) is 5.91 Å². The van der Waals surface area contributed by atoms with Gasteiger partial charge in [-0.25, -0.2) is 0 Å². The molecule has 1 aliphatic rings. The number of hydrogen-bond donors (Lipinski definition) is 3. The third-order valence-electron chi connectivity index (χ3n) is 5.85. The Hall–Kier alpha value is -3.28. The van der Waals surface area contributed by atoms with E-state index in [0.717, 1.165) is 35.5 Å². The van der Waals surface area contributed by atoms with Crippen LogP contribution in [-0.4, -0.2) is 41.4 Å². The van der Waals surface area contributed by atoms with Crippen LogP contribution in [0.1, 0.15) is 55.0 Å². The molecule has 0 unspecified atom stereocenters. The summed E-state index contributed by atoms with van der Waals surface area (Å²) in [5.74, 6) is -1.69. The number of hydrogen-bond acceptors (Lipinski definition) is 8. The SMILES string of the molecule is Cc1ccc(C)c(N(C(=O)c2snc(C(N)=O)c2N)[C@@H](C(=O)NC[C@H]2CCCO2)c2cccs2)c1. The molecule has 1 aliphatic heterocycles. The molecule has 1 aromatic carbocycles. The van der Waals surface area contributed by atoms with Gasteiger partial charge in [-0.2, -0.15) is 4.37 Å². The Kier molecular flexibility index (Phi) is 7.48. The molecule has 3 heterocycles. The van der Waals surface area contributed by atoms with Crippen molar-refractivity contribution in [3.63, 3.8) is 0 Å². The molecule has 0 aliphatic carbocycles. The lowest BCUT2D eigenvalue weighted by Crippen LogP contribution is -2.45. The van der Waals surface area contributed by atoms with E-state index in [1.165, 1.54) is 16.2 Å². The highest BCUT2D eigenvalue weighted by Gasteiger charge is 2.37. The topological polar surface area (TPSA) is 141 Å². The lowest BCUT2D eigenvalue weighted by Gasteiger charge is -2.32. The van der Waals surface area contributed by atoms with E-state index in [1.807, 2.05) is 49.6 Å². The van der Waals surface area contributed by atoms with Crippen LogP contribution in [0.25, 0.3) is 0 Å². The fraction of sp³-hybridized carbons (Fsp3) is 0.333. The Labute approximate surface area is 211 Å². The summed E-state index contributed by atoms with van der Waals surface area (Å²) in [6.45, 7) is 4.81.